The van der Waals surface area contributed by atoms with Crippen LogP contribution in [-0.2, 0) is 9.53 Å². The van der Waals surface area contributed by atoms with Gasteiger partial charge in [0.15, 0.2) is 6.10 Å². The first-order valence-corrected chi connectivity index (χ1v) is 8.60. The molecule has 3 heteroatoms. The fraction of sp³-hybridized carbons (Fsp3) is 0.227. The van der Waals surface area contributed by atoms with Gasteiger partial charge in [0.25, 0.3) is 5.91 Å². The van der Waals surface area contributed by atoms with Gasteiger partial charge in [-0.15, -0.1) is 0 Å². The van der Waals surface area contributed by atoms with Gasteiger partial charge in [-0.05, 0) is 28.8 Å². The number of fused-ring (bicyclic) bond motifs is 1. The van der Waals surface area contributed by atoms with E-state index in [1.54, 1.807) is 7.11 Å². The summed E-state index contributed by atoms with van der Waals surface area (Å²) < 4.78 is 5.48. The first kappa shape index (κ1) is 15.9. The molecule has 0 bridgehead atoms. The zero-order valence-electron chi connectivity index (χ0n) is 14.4. The minimum atomic E-state index is -0.403. The van der Waals surface area contributed by atoms with Crippen LogP contribution in [0.25, 0.3) is 10.8 Å². The summed E-state index contributed by atoms with van der Waals surface area (Å²) in [5.41, 5.74) is 2.28. The van der Waals surface area contributed by atoms with E-state index >= 15 is 0 Å². The van der Waals surface area contributed by atoms with Gasteiger partial charge in [-0.1, -0.05) is 72.8 Å². The monoisotopic (exact) mass is 331 g/mol. The minimum absolute atomic E-state index is 0.0183. The van der Waals surface area contributed by atoms with Crippen LogP contribution in [0.3, 0.4) is 0 Å². The van der Waals surface area contributed by atoms with Crippen molar-refractivity contribution in [1.82, 2.24) is 4.90 Å². The number of nitrogens with zero attached hydrogens (tertiary/aromatic N) is 1. The lowest BCUT2D eigenvalue weighted by molar-refractivity contribution is -0.176. The third-order valence-corrected chi connectivity index (χ3v) is 5.17. The Morgan fingerprint density at radius 1 is 0.920 bits per heavy atom. The van der Waals surface area contributed by atoms with Crippen molar-refractivity contribution in [3.05, 3.63) is 83.9 Å². The zero-order chi connectivity index (χ0) is 17.4. The highest BCUT2D eigenvalue weighted by Crippen LogP contribution is 2.43. The summed E-state index contributed by atoms with van der Waals surface area (Å²) in [6.07, 6.45) is -0.403. The maximum absolute atomic E-state index is 12.7. The lowest BCUT2D eigenvalue weighted by Gasteiger charge is -2.49. The Morgan fingerprint density at radius 2 is 1.60 bits per heavy atom. The van der Waals surface area contributed by atoms with E-state index in [0.717, 1.165) is 5.56 Å². The standard InChI is InChI=1S/C22H21NO2/c1-15(18-14-8-12-16-9-6-7-13-19(16)18)23-20(21(25-2)22(23)24)17-10-4-3-5-11-17/h3-15,20-21H,1-2H3/t15-,20-,21+/m0/s1. The largest absolute Gasteiger partial charge is 0.369 e. The summed E-state index contributed by atoms with van der Waals surface area (Å²) in [4.78, 5) is 14.7. The molecule has 0 spiro atoms. The molecule has 126 valence electrons. The van der Waals surface area contributed by atoms with E-state index in [0.29, 0.717) is 0 Å². The molecule has 3 aromatic rings. The second-order valence-electron chi connectivity index (χ2n) is 6.50. The highest BCUT2D eigenvalue weighted by Gasteiger charge is 2.50. The first-order valence-electron chi connectivity index (χ1n) is 8.60. The van der Waals surface area contributed by atoms with Gasteiger partial charge in [0.05, 0.1) is 12.1 Å². The summed E-state index contributed by atoms with van der Waals surface area (Å²) in [6.45, 7) is 2.10. The number of rotatable bonds is 4. The first-order chi connectivity index (χ1) is 12.2. The van der Waals surface area contributed by atoms with Crippen LogP contribution in [0.15, 0.2) is 72.8 Å². The number of amides is 1. The third kappa shape index (κ3) is 2.52. The van der Waals surface area contributed by atoms with E-state index in [1.165, 1.54) is 16.3 Å². The lowest BCUT2D eigenvalue weighted by Crippen LogP contribution is -2.60. The molecule has 3 aromatic carbocycles. The van der Waals surface area contributed by atoms with Gasteiger partial charge in [0, 0.05) is 7.11 Å². The Bertz CT molecular complexity index is 901. The van der Waals surface area contributed by atoms with Crippen molar-refractivity contribution >= 4 is 16.7 Å². The molecule has 1 aliphatic rings. The van der Waals surface area contributed by atoms with E-state index in [9.17, 15) is 4.79 Å². The van der Waals surface area contributed by atoms with Crippen LogP contribution >= 0.6 is 0 Å². The van der Waals surface area contributed by atoms with Gasteiger partial charge in [-0.2, -0.15) is 0 Å². The van der Waals surface area contributed by atoms with Crippen LogP contribution in [-0.4, -0.2) is 24.0 Å². The van der Waals surface area contributed by atoms with Crippen molar-refractivity contribution < 1.29 is 9.53 Å². The van der Waals surface area contributed by atoms with Crippen molar-refractivity contribution in [2.24, 2.45) is 0 Å². The quantitative estimate of drug-likeness (QED) is 0.659. The predicted octanol–water partition coefficient (Wildman–Crippen LogP) is 4.50. The molecule has 0 unspecified atom stereocenters. The summed E-state index contributed by atoms with van der Waals surface area (Å²) in [7, 11) is 1.61. The van der Waals surface area contributed by atoms with E-state index in [2.05, 4.69) is 49.4 Å². The maximum Gasteiger partial charge on any atom is 0.255 e. The van der Waals surface area contributed by atoms with Crippen molar-refractivity contribution in [1.29, 1.82) is 0 Å². The molecule has 3 nitrogen and oxygen atoms in total. The lowest BCUT2D eigenvalue weighted by atomic mass is 9.86. The van der Waals surface area contributed by atoms with Crippen LogP contribution in [0.1, 0.15) is 30.1 Å². The number of benzene rings is 3. The smallest absolute Gasteiger partial charge is 0.255 e. The Kier molecular flexibility index (Phi) is 4.02. The highest BCUT2D eigenvalue weighted by molar-refractivity contribution is 5.91. The van der Waals surface area contributed by atoms with Crippen molar-refractivity contribution in [3.63, 3.8) is 0 Å². The Balaban J connectivity index is 1.75. The molecular weight excluding hydrogens is 310 g/mol. The Hall–Kier alpha value is -2.65. The van der Waals surface area contributed by atoms with Gasteiger partial charge in [-0.25, -0.2) is 0 Å². The second kappa shape index (κ2) is 6.34. The van der Waals surface area contributed by atoms with Gasteiger partial charge in [0.1, 0.15) is 0 Å². The van der Waals surface area contributed by atoms with Gasteiger partial charge < -0.3 is 9.64 Å². The summed E-state index contributed by atoms with van der Waals surface area (Å²) in [5.74, 6) is 0.0526. The molecule has 1 fully saturated rings. The molecule has 0 aromatic heterocycles. The Labute approximate surface area is 147 Å². The summed E-state index contributed by atoms with van der Waals surface area (Å²) in [6, 6.07) is 24.7. The van der Waals surface area contributed by atoms with Crippen LogP contribution in [0, 0.1) is 0 Å². The molecule has 0 aliphatic carbocycles. The average Bonchev–Trinajstić information content (AvgIpc) is 2.66. The number of hydrogen-bond acceptors (Lipinski definition) is 2. The fourth-order valence-electron chi connectivity index (χ4n) is 3.89. The fourth-order valence-corrected chi connectivity index (χ4v) is 3.89. The number of methoxy groups -OCH3 is 1. The van der Waals surface area contributed by atoms with Gasteiger partial charge >= 0.3 is 0 Å². The predicted molar refractivity (Wildman–Crippen MR) is 99.2 cm³/mol. The summed E-state index contributed by atoms with van der Waals surface area (Å²) in [5, 5.41) is 2.39. The second-order valence-corrected chi connectivity index (χ2v) is 6.50. The van der Waals surface area contributed by atoms with E-state index in [4.69, 9.17) is 4.74 Å². The van der Waals surface area contributed by atoms with Crippen molar-refractivity contribution in [2.45, 2.75) is 25.1 Å². The number of carbonyl (C=O) groups is 1. The average molecular weight is 331 g/mol. The summed E-state index contributed by atoms with van der Waals surface area (Å²) >= 11 is 0. The van der Waals surface area contributed by atoms with Crippen LogP contribution in [0.4, 0.5) is 0 Å². The topological polar surface area (TPSA) is 29.5 Å². The molecule has 1 saturated heterocycles. The number of β-lactam (4-membered cyclic amide) rings is 1. The molecule has 3 atom stereocenters. The van der Waals surface area contributed by atoms with Crippen molar-refractivity contribution in [2.75, 3.05) is 7.11 Å². The zero-order valence-corrected chi connectivity index (χ0v) is 14.4. The van der Waals surface area contributed by atoms with Gasteiger partial charge in [-0.3, -0.25) is 4.79 Å². The van der Waals surface area contributed by atoms with E-state index in [-0.39, 0.29) is 18.0 Å². The number of likely N-dealkylation sites (tertiary alicyclic amines) is 1. The molecule has 0 radical (unpaired) electrons. The minimum Gasteiger partial charge on any atom is -0.369 e. The molecule has 0 N–H and O–H groups in total. The highest BCUT2D eigenvalue weighted by atomic mass is 16.5. The van der Waals surface area contributed by atoms with E-state index in [1.807, 2.05) is 35.2 Å². The molecule has 4 rings (SSSR count). The molecule has 25 heavy (non-hydrogen) atoms. The van der Waals surface area contributed by atoms with Crippen LogP contribution in [0.5, 0.6) is 0 Å². The molecular formula is C22H21NO2. The SMILES string of the molecule is CO[C@H]1C(=O)N([C@@H](C)c2cccc3ccccc23)[C@H]1c1ccccc1. The number of ether oxygens (including phenoxy) is 1. The molecule has 1 heterocycles. The van der Waals surface area contributed by atoms with Gasteiger partial charge in [0.2, 0.25) is 0 Å². The van der Waals surface area contributed by atoms with Crippen molar-refractivity contribution in [3.8, 4) is 0 Å². The number of hydrogen-bond donors (Lipinski definition) is 0. The van der Waals surface area contributed by atoms with Crippen LogP contribution in [0.2, 0.25) is 0 Å². The van der Waals surface area contributed by atoms with Crippen LogP contribution < -0.4 is 0 Å². The maximum atomic E-state index is 12.7. The molecule has 0 saturated carbocycles. The van der Waals surface area contributed by atoms with E-state index < -0.39 is 6.10 Å². The third-order valence-electron chi connectivity index (χ3n) is 5.17. The molecule has 1 amide bonds. The normalized spacial score (nSPS) is 21.2. The number of carbonyl (C=O) groups excluding carboxylic acids is 1. The Morgan fingerprint density at radius 3 is 2.36 bits per heavy atom. The molecule has 1 aliphatic heterocycles.